The van der Waals surface area contributed by atoms with Crippen LogP contribution in [-0.4, -0.2) is 22.8 Å². The van der Waals surface area contributed by atoms with E-state index in [1.54, 1.807) is 0 Å². The number of rotatable bonds is 10. The number of ether oxygens (including phenoxy) is 2. The molecule has 5 aromatic rings. The molecule has 1 aliphatic heterocycles. The van der Waals surface area contributed by atoms with E-state index in [4.69, 9.17) is 14.0 Å². The number of carboxylic acids is 1. The van der Waals surface area contributed by atoms with Crippen LogP contribution in [0, 0.1) is 0 Å². The molecular formula is C36H34N2O5. The van der Waals surface area contributed by atoms with Gasteiger partial charge in [-0.25, -0.2) is 4.79 Å². The number of nitrogens with one attached hydrogen (secondary N) is 1. The first-order valence-corrected chi connectivity index (χ1v) is 14.6. The van der Waals surface area contributed by atoms with E-state index in [1.807, 2.05) is 84.9 Å². The van der Waals surface area contributed by atoms with Crippen molar-refractivity contribution in [2.45, 2.75) is 45.9 Å². The summed E-state index contributed by atoms with van der Waals surface area (Å²) >= 11 is 0. The molecule has 7 nitrogen and oxygen atoms in total. The summed E-state index contributed by atoms with van der Waals surface area (Å²) in [6.45, 7) is 6.57. The molecule has 0 bridgehead atoms. The highest BCUT2D eigenvalue weighted by atomic mass is 16.5. The van der Waals surface area contributed by atoms with E-state index in [2.05, 4.69) is 30.4 Å². The Labute approximate surface area is 251 Å². The van der Waals surface area contributed by atoms with Gasteiger partial charge in [-0.1, -0.05) is 97.9 Å². The van der Waals surface area contributed by atoms with Gasteiger partial charge in [0, 0.05) is 12.6 Å². The average molecular weight is 575 g/mol. The third-order valence-corrected chi connectivity index (χ3v) is 7.73. The molecular weight excluding hydrogens is 540 g/mol. The first-order chi connectivity index (χ1) is 21.0. The van der Waals surface area contributed by atoms with Crippen LogP contribution in [0.3, 0.4) is 0 Å². The first-order valence-electron chi connectivity index (χ1n) is 14.6. The highest BCUT2D eigenvalue weighted by Crippen LogP contribution is 2.44. The molecule has 43 heavy (non-hydrogen) atoms. The zero-order valence-corrected chi connectivity index (χ0v) is 24.3. The number of carboxylic acid groups (broad SMARTS) is 1. The van der Waals surface area contributed by atoms with Gasteiger partial charge in [-0.2, -0.15) is 0 Å². The van der Waals surface area contributed by atoms with E-state index in [9.17, 15) is 9.90 Å². The van der Waals surface area contributed by atoms with Gasteiger partial charge in [0.25, 0.3) is 0 Å². The lowest BCUT2D eigenvalue weighted by Gasteiger charge is -2.20. The summed E-state index contributed by atoms with van der Waals surface area (Å²) in [5.74, 6) is 0.530. The van der Waals surface area contributed by atoms with Crippen molar-refractivity contribution in [3.8, 4) is 33.9 Å². The molecule has 0 saturated heterocycles. The minimum Gasteiger partial charge on any atom is -0.488 e. The molecule has 1 aromatic heterocycles. The molecule has 0 radical (unpaired) electrons. The van der Waals surface area contributed by atoms with Crippen molar-refractivity contribution in [1.29, 1.82) is 0 Å². The second-order valence-electron chi connectivity index (χ2n) is 11.0. The smallest absolute Gasteiger partial charge is 0.358 e. The molecule has 0 unspecified atom stereocenters. The Bertz CT molecular complexity index is 1730. The molecule has 4 aromatic carbocycles. The first kappa shape index (κ1) is 28.2. The number of fused-ring (bicyclic) bond motifs is 1. The maximum atomic E-state index is 12.4. The van der Waals surface area contributed by atoms with Gasteiger partial charge in [-0.05, 0) is 58.3 Å². The summed E-state index contributed by atoms with van der Waals surface area (Å²) in [4.78, 5) is 12.4. The topological polar surface area (TPSA) is 93.8 Å². The van der Waals surface area contributed by atoms with Crippen molar-refractivity contribution < 1.29 is 23.9 Å². The fourth-order valence-electron chi connectivity index (χ4n) is 5.44. The van der Waals surface area contributed by atoms with Gasteiger partial charge >= 0.3 is 5.97 Å². The van der Waals surface area contributed by atoms with Crippen molar-refractivity contribution in [2.75, 3.05) is 6.54 Å². The molecule has 2 heterocycles. The molecule has 0 spiro atoms. The largest absolute Gasteiger partial charge is 0.488 e. The van der Waals surface area contributed by atoms with Gasteiger partial charge < -0.3 is 24.4 Å². The van der Waals surface area contributed by atoms with Crippen molar-refractivity contribution in [1.82, 2.24) is 10.5 Å². The van der Waals surface area contributed by atoms with Gasteiger partial charge in [0.1, 0.15) is 24.7 Å². The average Bonchev–Trinajstić information content (AvgIpc) is 3.49. The van der Waals surface area contributed by atoms with Crippen LogP contribution in [0.5, 0.6) is 11.5 Å². The van der Waals surface area contributed by atoms with E-state index in [-0.39, 0.29) is 11.6 Å². The van der Waals surface area contributed by atoms with Gasteiger partial charge in [0.05, 0.1) is 11.1 Å². The third-order valence-electron chi connectivity index (χ3n) is 7.73. The molecule has 0 fully saturated rings. The van der Waals surface area contributed by atoms with E-state index >= 15 is 0 Å². The number of aromatic nitrogens is 1. The van der Waals surface area contributed by atoms with Crippen LogP contribution >= 0.6 is 0 Å². The van der Waals surface area contributed by atoms with Crippen molar-refractivity contribution >= 4 is 5.97 Å². The quantitative estimate of drug-likeness (QED) is 0.177. The molecule has 1 aliphatic rings. The normalized spacial score (nSPS) is 12.6. The van der Waals surface area contributed by atoms with Crippen LogP contribution in [0.4, 0.5) is 0 Å². The number of benzene rings is 4. The Kier molecular flexibility index (Phi) is 8.24. The van der Waals surface area contributed by atoms with Crippen LogP contribution < -0.4 is 14.8 Å². The summed E-state index contributed by atoms with van der Waals surface area (Å²) in [7, 11) is 0. The molecule has 7 heteroatoms. The fraction of sp³-hybridized carbons (Fsp3) is 0.222. The molecule has 0 atom stereocenters. The zero-order chi connectivity index (χ0) is 29.8. The van der Waals surface area contributed by atoms with Gasteiger partial charge in [0.15, 0.2) is 11.5 Å². The van der Waals surface area contributed by atoms with Crippen LogP contribution in [0.1, 0.15) is 58.1 Å². The van der Waals surface area contributed by atoms with Gasteiger partial charge in [-0.3, -0.25) is 0 Å². The van der Waals surface area contributed by atoms with E-state index in [0.717, 1.165) is 41.8 Å². The molecule has 0 saturated carbocycles. The van der Waals surface area contributed by atoms with E-state index < -0.39 is 5.97 Å². The summed E-state index contributed by atoms with van der Waals surface area (Å²) in [5, 5.41) is 17.6. The molecule has 2 N–H and O–H groups in total. The highest BCUT2D eigenvalue weighted by Gasteiger charge is 2.28. The number of hydrogen-bond acceptors (Lipinski definition) is 6. The number of nitrogens with zero attached hydrogens (tertiary/aromatic N) is 1. The van der Waals surface area contributed by atoms with Crippen LogP contribution in [-0.2, 0) is 26.2 Å². The third kappa shape index (κ3) is 6.17. The maximum absolute atomic E-state index is 12.4. The van der Waals surface area contributed by atoms with Gasteiger partial charge in [-0.15, -0.1) is 0 Å². The Morgan fingerprint density at radius 1 is 0.884 bits per heavy atom. The van der Waals surface area contributed by atoms with Gasteiger partial charge in [0.2, 0.25) is 0 Å². The van der Waals surface area contributed by atoms with Crippen LogP contribution in [0.2, 0.25) is 0 Å². The van der Waals surface area contributed by atoms with E-state index in [1.165, 1.54) is 11.1 Å². The monoisotopic (exact) mass is 574 g/mol. The predicted octanol–water partition coefficient (Wildman–Crippen LogP) is 7.63. The standard InChI is InChI=1S/C36H34N2O5/c1-23(2)29-18-30(35-33(34(36(39)40)38-43-35)27-13-14-28-20-37-16-15-26(28)17-27)32(42-22-25-11-7-4-8-12-25)19-31(29)41-21-24-9-5-3-6-10-24/h3-14,17-19,23,37H,15-16,20-22H2,1-2H3,(H,39,40). The van der Waals surface area contributed by atoms with Crippen molar-refractivity contribution in [3.05, 3.63) is 125 Å². The van der Waals surface area contributed by atoms with Crippen molar-refractivity contribution in [2.24, 2.45) is 0 Å². The lowest BCUT2D eigenvalue weighted by Crippen LogP contribution is -2.23. The Morgan fingerprint density at radius 3 is 2.21 bits per heavy atom. The van der Waals surface area contributed by atoms with E-state index in [0.29, 0.717) is 41.6 Å². The summed E-state index contributed by atoms with van der Waals surface area (Å²) < 4.78 is 18.7. The Morgan fingerprint density at radius 2 is 1.56 bits per heavy atom. The molecule has 0 amide bonds. The minimum atomic E-state index is -1.15. The summed E-state index contributed by atoms with van der Waals surface area (Å²) in [6.07, 6.45) is 0.864. The lowest BCUT2D eigenvalue weighted by atomic mass is 9.91. The lowest BCUT2D eigenvalue weighted by molar-refractivity contribution is 0.0686. The number of hydrogen-bond donors (Lipinski definition) is 2. The molecule has 0 aliphatic carbocycles. The van der Waals surface area contributed by atoms with Crippen molar-refractivity contribution in [3.63, 3.8) is 0 Å². The van der Waals surface area contributed by atoms with Crippen LogP contribution in [0.15, 0.2) is 95.5 Å². The summed E-state index contributed by atoms with van der Waals surface area (Å²) in [5.41, 5.74) is 7.08. The fourth-order valence-corrected chi connectivity index (χ4v) is 5.44. The zero-order valence-electron chi connectivity index (χ0n) is 24.3. The Hall–Kier alpha value is -4.88. The minimum absolute atomic E-state index is 0.106. The summed E-state index contributed by atoms with van der Waals surface area (Å²) in [6, 6.07) is 29.8. The SMILES string of the molecule is CC(C)c1cc(-c2onc(C(=O)O)c2-c2ccc3c(c2)CCNC3)c(OCc2ccccc2)cc1OCc1ccccc1. The predicted molar refractivity (Wildman–Crippen MR) is 165 cm³/mol. The maximum Gasteiger partial charge on any atom is 0.358 e. The van der Waals surface area contributed by atoms with Crippen LogP contribution in [0.25, 0.3) is 22.5 Å². The number of aromatic carboxylic acids is 1. The number of carbonyl (C=O) groups is 1. The molecule has 6 rings (SSSR count). The highest BCUT2D eigenvalue weighted by molar-refractivity contribution is 5.99. The molecule has 218 valence electrons. The second kappa shape index (κ2) is 12.5. The second-order valence-corrected chi connectivity index (χ2v) is 11.0. The Balaban J connectivity index is 1.48.